The molecule has 0 saturated heterocycles. The zero-order chi connectivity index (χ0) is 20.1. The molecule has 1 atom stereocenters. The zero-order valence-electron chi connectivity index (χ0n) is 15.3. The number of hydrogen-bond donors (Lipinski definition) is 2. The van der Waals surface area contributed by atoms with Gasteiger partial charge in [0.25, 0.3) is 5.69 Å². The molecule has 0 fully saturated rings. The Hall–Kier alpha value is -3.42. The number of anilines is 1. The number of rotatable bonds is 7. The van der Waals surface area contributed by atoms with E-state index in [1.54, 1.807) is 25.1 Å². The molecule has 0 radical (unpaired) electrons. The van der Waals surface area contributed by atoms with Gasteiger partial charge in [0.1, 0.15) is 5.69 Å². The van der Waals surface area contributed by atoms with E-state index in [9.17, 15) is 24.8 Å². The van der Waals surface area contributed by atoms with Crippen molar-refractivity contribution in [1.82, 2.24) is 5.32 Å². The van der Waals surface area contributed by atoms with Crippen molar-refractivity contribution in [1.29, 1.82) is 0 Å². The van der Waals surface area contributed by atoms with Gasteiger partial charge < -0.3 is 15.3 Å². The van der Waals surface area contributed by atoms with E-state index in [1.807, 2.05) is 13.0 Å². The predicted octanol–water partition coefficient (Wildman–Crippen LogP) is 2.59. The molecule has 1 unspecified atom stereocenters. The van der Waals surface area contributed by atoms with Gasteiger partial charge in [0.2, 0.25) is 5.91 Å². The molecule has 0 aromatic heterocycles. The average molecular weight is 371 g/mol. The Balaban J connectivity index is 2.19. The number of hydrogen-bond acceptors (Lipinski definition) is 5. The van der Waals surface area contributed by atoms with Crippen LogP contribution < -0.4 is 10.2 Å². The number of nitro benzene ring substituents is 1. The van der Waals surface area contributed by atoms with E-state index in [4.69, 9.17) is 0 Å². The molecule has 27 heavy (non-hydrogen) atoms. The van der Waals surface area contributed by atoms with Gasteiger partial charge in [-0.05, 0) is 36.6 Å². The molecule has 142 valence electrons. The minimum atomic E-state index is -1.20. The highest BCUT2D eigenvalue weighted by Crippen LogP contribution is 2.26. The van der Waals surface area contributed by atoms with Crippen LogP contribution in [0.5, 0.6) is 0 Å². The Kier molecular flexibility index (Phi) is 6.12. The number of amides is 1. The fraction of sp³-hybridized carbons (Fsp3) is 0.263. The van der Waals surface area contributed by atoms with Crippen molar-refractivity contribution >= 4 is 23.3 Å². The van der Waals surface area contributed by atoms with Gasteiger partial charge in [-0.25, -0.2) is 4.79 Å². The molecule has 8 nitrogen and oxygen atoms in total. The number of carboxylic acid groups (broad SMARTS) is 1. The molecular formula is C19H21N3O5. The third-order valence-electron chi connectivity index (χ3n) is 4.38. The van der Waals surface area contributed by atoms with E-state index in [-0.39, 0.29) is 17.9 Å². The van der Waals surface area contributed by atoms with Crippen molar-refractivity contribution in [2.75, 3.05) is 18.5 Å². The maximum Gasteiger partial charge on any atom is 0.330 e. The standard InChI is InChI=1S/C19H21N3O5/c1-12-7-6-8-14(13(12)2)18(19(24)25)20-17(23)11-21(3)15-9-4-5-10-16(15)22(26)27/h4-10,18H,11H2,1-3H3,(H,20,23)(H,24,25). The first-order valence-electron chi connectivity index (χ1n) is 8.25. The van der Waals surface area contributed by atoms with Crippen LogP contribution in [0.1, 0.15) is 22.7 Å². The van der Waals surface area contributed by atoms with Crippen molar-refractivity contribution in [3.63, 3.8) is 0 Å². The highest BCUT2D eigenvalue weighted by atomic mass is 16.6. The van der Waals surface area contributed by atoms with Gasteiger partial charge in [-0.3, -0.25) is 14.9 Å². The van der Waals surface area contributed by atoms with Crippen LogP contribution in [0, 0.1) is 24.0 Å². The molecule has 0 spiro atoms. The number of carboxylic acids is 1. The number of nitrogens with zero attached hydrogens (tertiary/aromatic N) is 2. The Morgan fingerprint density at radius 3 is 2.48 bits per heavy atom. The number of carbonyl (C=O) groups is 2. The SMILES string of the molecule is Cc1cccc(C(NC(=O)CN(C)c2ccccc2[N+](=O)[O-])C(=O)O)c1C. The molecule has 2 N–H and O–H groups in total. The Morgan fingerprint density at radius 1 is 1.19 bits per heavy atom. The lowest BCUT2D eigenvalue weighted by molar-refractivity contribution is -0.384. The molecule has 0 aliphatic carbocycles. The van der Waals surface area contributed by atoms with Gasteiger partial charge >= 0.3 is 5.97 Å². The van der Waals surface area contributed by atoms with Crippen LogP contribution in [0.2, 0.25) is 0 Å². The van der Waals surface area contributed by atoms with Crippen molar-refractivity contribution in [2.24, 2.45) is 0 Å². The lowest BCUT2D eigenvalue weighted by atomic mass is 9.97. The Morgan fingerprint density at radius 2 is 1.85 bits per heavy atom. The van der Waals surface area contributed by atoms with E-state index >= 15 is 0 Å². The molecule has 2 aromatic rings. The summed E-state index contributed by atoms with van der Waals surface area (Å²) in [7, 11) is 1.54. The van der Waals surface area contributed by atoms with Gasteiger partial charge in [-0.1, -0.05) is 30.3 Å². The molecule has 0 heterocycles. The van der Waals surface area contributed by atoms with E-state index in [1.165, 1.54) is 30.1 Å². The molecule has 2 aromatic carbocycles. The minimum absolute atomic E-state index is 0.128. The molecule has 2 rings (SSSR count). The van der Waals surface area contributed by atoms with Crippen molar-refractivity contribution < 1.29 is 19.6 Å². The summed E-state index contributed by atoms with van der Waals surface area (Å²) in [6, 6.07) is 10.1. The smallest absolute Gasteiger partial charge is 0.330 e. The van der Waals surface area contributed by atoms with Crippen LogP contribution >= 0.6 is 0 Å². The predicted molar refractivity (Wildman–Crippen MR) is 101 cm³/mol. The third kappa shape index (κ3) is 4.60. The van der Waals surface area contributed by atoms with Crippen LogP contribution in [0.25, 0.3) is 0 Å². The van der Waals surface area contributed by atoms with E-state index in [0.29, 0.717) is 5.56 Å². The van der Waals surface area contributed by atoms with Crippen LogP contribution in [0.3, 0.4) is 0 Å². The van der Waals surface area contributed by atoms with E-state index < -0.39 is 22.8 Å². The number of carbonyl (C=O) groups excluding carboxylic acids is 1. The molecular weight excluding hydrogens is 350 g/mol. The number of para-hydroxylation sites is 2. The second kappa shape index (κ2) is 8.31. The van der Waals surface area contributed by atoms with Crippen LogP contribution in [-0.4, -0.2) is 35.5 Å². The van der Waals surface area contributed by atoms with Gasteiger partial charge in [0.05, 0.1) is 11.5 Å². The van der Waals surface area contributed by atoms with E-state index in [0.717, 1.165) is 11.1 Å². The molecule has 0 aliphatic rings. The van der Waals surface area contributed by atoms with Gasteiger partial charge in [-0.15, -0.1) is 0 Å². The van der Waals surface area contributed by atoms with Gasteiger partial charge in [0.15, 0.2) is 6.04 Å². The van der Waals surface area contributed by atoms with Gasteiger partial charge in [0, 0.05) is 13.1 Å². The Labute approximate surface area is 156 Å². The van der Waals surface area contributed by atoms with Crippen LogP contribution in [0.15, 0.2) is 42.5 Å². The first kappa shape index (κ1) is 19.9. The quantitative estimate of drug-likeness (QED) is 0.571. The fourth-order valence-electron chi connectivity index (χ4n) is 2.81. The normalized spacial score (nSPS) is 11.5. The molecule has 0 saturated carbocycles. The second-order valence-corrected chi connectivity index (χ2v) is 6.23. The van der Waals surface area contributed by atoms with E-state index in [2.05, 4.69) is 5.32 Å². The molecule has 0 bridgehead atoms. The topological polar surface area (TPSA) is 113 Å². The maximum atomic E-state index is 12.4. The largest absolute Gasteiger partial charge is 0.479 e. The summed E-state index contributed by atoms with van der Waals surface area (Å²) in [5.74, 6) is -1.73. The fourth-order valence-corrected chi connectivity index (χ4v) is 2.81. The first-order valence-corrected chi connectivity index (χ1v) is 8.25. The minimum Gasteiger partial charge on any atom is -0.479 e. The van der Waals surface area contributed by atoms with Gasteiger partial charge in [-0.2, -0.15) is 0 Å². The number of nitro groups is 1. The monoisotopic (exact) mass is 371 g/mol. The lowest BCUT2D eigenvalue weighted by Crippen LogP contribution is -2.40. The summed E-state index contributed by atoms with van der Waals surface area (Å²) >= 11 is 0. The number of likely N-dealkylation sites (N-methyl/N-ethyl adjacent to an activating group) is 1. The number of aliphatic carboxylic acids is 1. The average Bonchev–Trinajstić information content (AvgIpc) is 2.62. The summed E-state index contributed by atoms with van der Waals surface area (Å²) in [6.07, 6.45) is 0. The van der Waals surface area contributed by atoms with Crippen molar-refractivity contribution in [3.8, 4) is 0 Å². The maximum absolute atomic E-state index is 12.4. The second-order valence-electron chi connectivity index (χ2n) is 6.23. The van der Waals surface area contributed by atoms with Crippen LogP contribution in [0.4, 0.5) is 11.4 Å². The molecule has 0 aliphatic heterocycles. The number of benzene rings is 2. The first-order chi connectivity index (χ1) is 12.7. The van der Waals surface area contributed by atoms with Crippen LogP contribution in [-0.2, 0) is 9.59 Å². The van der Waals surface area contributed by atoms with Crippen molar-refractivity contribution in [2.45, 2.75) is 19.9 Å². The Bertz CT molecular complexity index is 881. The lowest BCUT2D eigenvalue weighted by Gasteiger charge is -2.22. The highest BCUT2D eigenvalue weighted by Gasteiger charge is 2.25. The zero-order valence-corrected chi connectivity index (χ0v) is 15.3. The molecule has 8 heteroatoms. The number of aryl methyl sites for hydroxylation is 1. The summed E-state index contributed by atoms with van der Waals surface area (Å²) in [4.78, 5) is 36.1. The van der Waals surface area contributed by atoms with Crippen molar-refractivity contribution in [3.05, 3.63) is 69.3 Å². The highest BCUT2D eigenvalue weighted by molar-refractivity contribution is 5.88. The third-order valence-corrected chi connectivity index (χ3v) is 4.38. The number of nitrogens with one attached hydrogen (secondary N) is 1. The summed E-state index contributed by atoms with van der Waals surface area (Å²) in [5, 5.41) is 23.2. The summed E-state index contributed by atoms with van der Waals surface area (Å²) in [5.41, 5.74) is 2.36. The summed E-state index contributed by atoms with van der Waals surface area (Å²) < 4.78 is 0. The molecule has 1 amide bonds. The summed E-state index contributed by atoms with van der Waals surface area (Å²) in [6.45, 7) is 3.44.